The molecule has 0 aliphatic carbocycles. The summed E-state index contributed by atoms with van der Waals surface area (Å²) in [7, 11) is 1.85. The fraction of sp³-hybridized carbons (Fsp3) is 0.364. The highest BCUT2D eigenvalue weighted by Crippen LogP contribution is 2.11. The van der Waals surface area contributed by atoms with Gasteiger partial charge in [-0.1, -0.05) is 33.1 Å². The van der Waals surface area contributed by atoms with E-state index in [0.29, 0.717) is 5.92 Å². The van der Waals surface area contributed by atoms with Crippen molar-refractivity contribution < 1.29 is 0 Å². The van der Waals surface area contributed by atoms with E-state index >= 15 is 0 Å². The van der Waals surface area contributed by atoms with Gasteiger partial charge in [0.05, 0.1) is 5.70 Å². The zero-order valence-electron chi connectivity index (χ0n) is 8.15. The third-order valence-corrected chi connectivity index (χ3v) is 1.67. The molecule has 0 radical (unpaired) electrons. The molecule has 0 saturated heterocycles. The first-order valence-electron chi connectivity index (χ1n) is 4.07. The van der Waals surface area contributed by atoms with Crippen molar-refractivity contribution in [2.45, 2.75) is 13.8 Å². The van der Waals surface area contributed by atoms with Crippen LogP contribution < -0.4 is 5.32 Å². The van der Waals surface area contributed by atoms with Crippen LogP contribution in [0.2, 0.25) is 0 Å². The van der Waals surface area contributed by atoms with E-state index in [4.69, 9.17) is 0 Å². The van der Waals surface area contributed by atoms with E-state index in [0.717, 1.165) is 5.70 Å². The second-order valence-electron chi connectivity index (χ2n) is 2.84. The van der Waals surface area contributed by atoms with Gasteiger partial charge < -0.3 is 5.32 Å². The summed E-state index contributed by atoms with van der Waals surface area (Å²) >= 11 is 0. The standard InChI is InChI=1S/C11H17N/c1-6-10(9(3)4)8-11(7-2)12-5/h6,8-9,12H,1-2H2,3-5H3/b10-8+. The van der Waals surface area contributed by atoms with Crippen LogP contribution in [-0.2, 0) is 0 Å². The Bertz CT molecular complexity index is 227. The molecule has 12 heavy (non-hydrogen) atoms. The quantitative estimate of drug-likeness (QED) is 0.496. The predicted molar refractivity (Wildman–Crippen MR) is 54.8 cm³/mol. The molecule has 0 heterocycles. The number of nitrogens with one attached hydrogen (secondary N) is 1. The maximum Gasteiger partial charge on any atom is 0.0767 e. The van der Waals surface area contributed by atoms with E-state index in [9.17, 15) is 0 Å². The molecule has 0 saturated carbocycles. The molecule has 0 aromatic heterocycles. The first-order valence-corrected chi connectivity index (χ1v) is 4.07. The molecule has 0 fully saturated rings. The lowest BCUT2D eigenvalue weighted by atomic mass is 10.0. The lowest BCUT2D eigenvalue weighted by molar-refractivity contribution is 0.788. The van der Waals surface area contributed by atoms with Crippen molar-refractivity contribution >= 4 is 0 Å². The monoisotopic (exact) mass is 163 g/mol. The summed E-state index contributed by atoms with van der Waals surface area (Å²) in [5.74, 6) is 0.485. The Hall–Kier alpha value is -1.20. The third-order valence-electron chi connectivity index (χ3n) is 1.67. The van der Waals surface area contributed by atoms with Gasteiger partial charge in [0.1, 0.15) is 0 Å². The van der Waals surface area contributed by atoms with E-state index < -0.39 is 0 Å². The first kappa shape index (κ1) is 10.8. The van der Waals surface area contributed by atoms with Gasteiger partial charge in [0.25, 0.3) is 0 Å². The molecule has 1 nitrogen and oxygen atoms in total. The van der Waals surface area contributed by atoms with E-state index in [1.54, 1.807) is 0 Å². The van der Waals surface area contributed by atoms with Crippen LogP contribution >= 0.6 is 0 Å². The Labute approximate surface area is 75.2 Å². The Balaban J connectivity index is 4.70. The summed E-state index contributed by atoms with van der Waals surface area (Å²) in [5.41, 5.74) is 4.89. The molecule has 0 atom stereocenters. The smallest absolute Gasteiger partial charge is 0.0767 e. The molecule has 0 aliphatic rings. The molecule has 66 valence electrons. The summed E-state index contributed by atoms with van der Waals surface area (Å²) in [5, 5.41) is 2.99. The van der Waals surface area contributed by atoms with Crippen LogP contribution in [0.5, 0.6) is 0 Å². The maximum atomic E-state index is 3.75. The minimum atomic E-state index is 0.485. The lowest BCUT2D eigenvalue weighted by Crippen LogP contribution is -2.03. The van der Waals surface area contributed by atoms with Gasteiger partial charge in [-0.15, -0.1) is 5.73 Å². The van der Waals surface area contributed by atoms with Crippen molar-refractivity contribution in [2.24, 2.45) is 5.92 Å². The summed E-state index contributed by atoms with van der Waals surface area (Å²) in [4.78, 5) is 0. The van der Waals surface area contributed by atoms with Crippen LogP contribution in [0.3, 0.4) is 0 Å². The molecule has 1 N–H and O–H groups in total. The summed E-state index contributed by atoms with van der Waals surface area (Å²) in [6, 6.07) is 0. The van der Waals surface area contributed by atoms with Gasteiger partial charge in [-0.2, -0.15) is 0 Å². The van der Waals surface area contributed by atoms with Crippen molar-refractivity contribution in [1.82, 2.24) is 5.32 Å². The average Bonchev–Trinajstić information content (AvgIpc) is 2.06. The van der Waals surface area contributed by atoms with Crippen LogP contribution in [-0.4, -0.2) is 7.05 Å². The van der Waals surface area contributed by atoms with Crippen LogP contribution in [0.25, 0.3) is 0 Å². The molecule has 1 heteroatoms. The molecule has 0 spiro atoms. The van der Waals surface area contributed by atoms with Gasteiger partial charge in [-0.05, 0) is 17.6 Å². The largest absolute Gasteiger partial charge is 0.382 e. The van der Waals surface area contributed by atoms with Gasteiger partial charge in [-0.25, -0.2) is 0 Å². The van der Waals surface area contributed by atoms with Crippen molar-refractivity contribution in [1.29, 1.82) is 0 Å². The minimum absolute atomic E-state index is 0.485. The van der Waals surface area contributed by atoms with Gasteiger partial charge in [0, 0.05) is 7.05 Å². The number of rotatable bonds is 4. The number of likely N-dealkylation sites (N-methyl/N-ethyl adjacent to an activating group) is 1. The van der Waals surface area contributed by atoms with E-state index in [1.165, 1.54) is 5.57 Å². The van der Waals surface area contributed by atoms with Crippen molar-refractivity contribution in [3.63, 3.8) is 0 Å². The highest BCUT2D eigenvalue weighted by molar-refractivity contribution is 5.28. The number of allylic oxidation sites excluding steroid dienone is 3. The Morgan fingerprint density at radius 3 is 2.33 bits per heavy atom. The van der Waals surface area contributed by atoms with Crippen molar-refractivity contribution in [3.8, 4) is 0 Å². The molecule has 0 unspecified atom stereocenters. The molecular weight excluding hydrogens is 146 g/mol. The van der Waals surface area contributed by atoms with Gasteiger partial charge >= 0.3 is 0 Å². The minimum Gasteiger partial charge on any atom is -0.382 e. The van der Waals surface area contributed by atoms with Crippen LogP contribution in [0.4, 0.5) is 0 Å². The van der Waals surface area contributed by atoms with Gasteiger partial charge in [0.2, 0.25) is 0 Å². The zero-order valence-corrected chi connectivity index (χ0v) is 8.15. The normalized spacial score (nSPS) is 10.8. The van der Waals surface area contributed by atoms with Gasteiger partial charge in [0.15, 0.2) is 0 Å². The average molecular weight is 163 g/mol. The van der Waals surface area contributed by atoms with E-state index in [-0.39, 0.29) is 0 Å². The lowest BCUT2D eigenvalue weighted by Gasteiger charge is -2.06. The SMILES string of the molecule is C=C=C(/C=C(\C=C)C(C)C)NC. The highest BCUT2D eigenvalue weighted by atomic mass is 14.8. The third kappa shape index (κ3) is 3.27. The molecule has 0 aromatic rings. The molecule has 0 rings (SSSR count). The maximum absolute atomic E-state index is 3.75. The fourth-order valence-electron chi connectivity index (χ4n) is 0.840. The second kappa shape index (κ2) is 5.45. The predicted octanol–water partition coefficient (Wildman–Crippen LogP) is 2.64. The highest BCUT2D eigenvalue weighted by Gasteiger charge is 1.98. The molecule has 0 aromatic carbocycles. The van der Waals surface area contributed by atoms with Crippen LogP contribution in [0, 0.1) is 5.92 Å². The molecular formula is C11H17N. The summed E-state index contributed by atoms with van der Waals surface area (Å²) in [6.45, 7) is 11.6. The summed E-state index contributed by atoms with van der Waals surface area (Å²) in [6.07, 6.45) is 3.87. The Kier molecular flexibility index (Phi) is 4.91. The Morgan fingerprint density at radius 2 is 2.08 bits per heavy atom. The second-order valence-corrected chi connectivity index (χ2v) is 2.84. The topological polar surface area (TPSA) is 12.0 Å². The van der Waals surface area contributed by atoms with Crippen LogP contribution in [0.1, 0.15) is 13.8 Å². The number of hydrogen-bond acceptors (Lipinski definition) is 1. The van der Waals surface area contributed by atoms with Gasteiger partial charge in [-0.3, -0.25) is 0 Å². The van der Waals surface area contributed by atoms with Crippen molar-refractivity contribution in [3.05, 3.63) is 42.3 Å². The van der Waals surface area contributed by atoms with Crippen molar-refractivity contribution in [2.75, 3.05) is 7.05 Å². The summed E-state index contributed by atoms with van der Waals surface area (Å²) < 4.78 is 0. The van der Waals surface area contributed by atoms with E-state index in [1.807, 2.05) is 19.2 Å². The zero-order chi connectivity index (χ0) is 9.56. The first-order chi connectivity index (χ1) is 5.65. The van der Waals surface area contributed by atoms with E-state index in [2.05, 4.69) is 38.1 Å². The number of hydrogen-bond donors (Lipinski definition) is 1. The molecule has 0 aliphatic heterocycles. The van der Waals surface area contributed by atoms with Crippen LogP contribution in [0.15, 0.2) is 42.3 Å². The fourth-order valence-corrected chi connectivity index (χ4v) is 0.840. The molecule has 0 amide bonds. The Morgan fingerprint density at radius 1 is 1.50 bits per heavy atom. The molecule has 0 bridgehead atoms.